The van der Waals surface area contributed by atoms with Gasteiger partial charge in [-0.1, -0.05) is 47.5 Å². The molecule has 0 radical (unpaired) electrons. The number of amides is 1. The fraction of sp³-hybridized carbons (Fsp3) is 0.240. The summed E-state index contributed by atoms with van der Waals surface area (Å²) in [5.74, 6) is -0.815. The van der Waals surface area contributed by atoms with Gasteiger partial charge in [0.15, 0.2) is 0 Å². The molecule has 1 amide bonds. The number of carbonyl (C=O) groups excluding carboxylic acids is 1. The third-order valence-electron chi connectivity index (χ3n) is 6.54. The first-order valence-electron chi connectivity index (χ1n) is 10.3. The molecule has 6 heteroatoms. The highest BCUT2D eigenvalue weighted by atomic mass is 35.5. The van der Waals surface area contributed by atoms with Gasteiger partial charge in [0.25, 0.3) is 5.91 Å². The van der Waals surface area contributed by atoms with Crippen molar-refractivity contribution < 1.29 is 9.18 Å². The van der Waals surface area contributed by atoms with E-state index in [0.29, 0.717) is 11.6 Å². The number of rotatable bonds is 2. The van der Waals surface area contributed by atoms with Crippen LogP contribution >= 0.6 is 23.2 Å². The smallest absolute Gasteiger partial charge is 0.261 e. The number of nitrogens with zero attached hydrogens (tertiary/aromatic N) is 2. The van der Waals surface area contributed by atoms with Crippen molar-refractivity contribution in [2.45, 2.75) is 18.3 Å². The molecule has 0 bridgehead atoms. The van der Waals surface area contributed by atoms with E-state index in [-0.39, 0.29) is 16.9 Å². The van der Waals surface area contributed by atoms with Crippen LogP contribution in [-0.4, -0.2) is 25.5 Å². The number of piperidine rings is 1. The molecule has 2 aliphatic rings. The summed E-state index contributed by atoms with van der Waals surface area (Å²) in [6, 6.07) is 19.6. The molecular formula is C25H21Cl2FN2O. The lowest BCUT2D eigenvalue weighted by atomic mass is 9.74. The number of carbonyl (C=O) groups is 1. The fourth-order valence-electron chi connectivity index (χ4n) is 4.91. The van der Waals surface area contributed by atoms with Gasteiger partial charge < -0.3 is 9.80 Å². The van der Waals surface area contributed by atoms with Crippen LogP contribution in [0.3, 0.4) is 0 Å². The van der Waals surface area contributed by atoms with Gasteiger partial charge in [-0.15, -0.1) is 0 Å². The molecule has 3 nitrogen and oxygen atoms in total. The number of hydrogen-bond donors (Lipinski definition) is 0. The van der Waals surface area contributed by atoms with Crippen molar-refractivity contribution in [1.29, 1.82) is 0 Å². The Labute approximate surface area is 191 Å². The summed E-state index contributed by atoms with van der Waals surface area (Å²) in [5, 5.41) is 1.39. The topological polar surface area (TPSA) is 23.6 Å². The molecule has 158 valence electrons. The molecule has 1 saturated heterocycles. The Morgan fingerprint density at radius 1 is 0.903 bits per heavy atom. The maximum atomic E-state index is 14.4. The molecule has 31 heavy (non-hydrogen) atoms. The number of halogens is 3. The molecule has 5 rings (SSSR count). The van der Waals surface area contributed by atoms with Crippen molar-refractivity contribution in [2.75, 3.05) is 29.4 Å². The summed E-state index contributed by atoms with van der Waals surface area (Å²) in [6.07, 6.45) is 1.71. The molecule has 0 unspecified atom stereocenters. The number of benzene rings is 3. The quantitative estimate of drug-likeness (QED) is 0.451. The minimum absolute atomic E-state index is 0.0916. The molecule has 0 aliphatic carbocycles. The third-order valence-corrected chi connectivity index (χ3v) is 7.10. The van der Waals surface area contributed by atoms with Gasteiger partial charge >= 0.3 is 0 Å². The second-order valence-electron chi connectivity index (χ2n) is 8.25. The zero-order valence-electron chi connectivity index (χ0n) is 16.8. The summed E-state index contributed by atoms with van der Waals surface area (Å²) in [5.41, 5.74) is 2.81. The Morgan fingerprint density at radius 2 is 1.61 bits per heavy atom. The summed E-state index contributed by atoms with van der Waals surface area (Å²) >= 11 is 12.8. The highest BCUT2D eigenvalue weighted by Crippen LogP contribution is 2.49. The van der Waals surface area contributed by atoms with E-state index in [0.717, 1.165) is 47.9 Å². The Morgan fingerprint density at radius 3 is 2.35 bits per heavy atom. The van der Waals surface area contributed by atoms with E-state index in [1.54, 1.807) is 23.1 Å². The number of fused-ring (bicyclic) bond motifs is 2. The predicted octanol–water partition coefficient (Wildman–Crippen LogP) is 6.33. The van der Waals surface area contributed by atoms with Gasteiger partial charge in [-0.3, -0.25) is 4.79 Å². The minimum atomic E-state index is -0.502. The first-order valence-corrected chi connectivity index (χ1v) is 11.1. The lowest BCUT2D eigenvalue weighted by Crippen LogP contribution is -2.46. The molecule has 0 N–H and O–H groups in total. The van der Waals surface area contributed by atoms with Crippen molar-refractivity contribution in [3.63, 3.8) is 0 Å². The van der Waals surface area contributed by atoms with Gasteiger partial charge in [0.2, 0.25) is 0 Å². The highest BCUT2D eigenvalue weighted by Gasteiger charge is 2.47. The van der Waals surface area contributed by atoms with Crippen LogP contribution in [-0.2, 0) is 5.41 Å². The molecule has 0 saturated carbocycles. The fourth-order valence-corrected chi connectivity index (χ4v) is 5.34. The van der Waals surface area contributed by atoms with Crippen LogP contribution < -0.4 is 9.80 Å². The number of anilines is 2. The summed E-state index contributed by atoms with van der Waals surface area (Å²) in [6.45, 7) is 2.15. The van der Waals surface area contributed by atoms with Gasteiger partial charge in [0, 0.05) is 35.8 Å². The highest BCUT2D eigenvalue weighted by molar-refractivity contribution is 6.33. The molecule has 0 atom stereocenters. The Hall–Kier alpha value is -2.56. The van der Waals surface area contributed by atoms with E-state index >= 15 is 0 Å². The maximum Gasteiger partial charge on any atom is 0.261 e. The Kier molecular flexibility index (Phi) is 5.15. The third kappa shape index (κ3) is 3.48. The van der Waals surface area contributed by atoms with Gasteiger partial charge in [-0.2, -0.15) is 0 Å². The van der Waals surface area contributed by atoms with E-state index in [1.165, 1.54) is 12.1 Å². The van der Waals surface area contributed by atoms with Crippen molar-refractivity contribution in [2.24, 2.45) is 0 Å². The van der Waals surface area contributed by atoms with Crippen molar-refractivity contribution in [3.8, 4) is 0 Å². The van der Waals surface area contributed by atoms with Crippen LogP contribution in [0.15, 0.2) is 66.7 Å². The monoisotopic (exact) mass is 454 g/mol. The van der Waals surface area contributed by atoms with Crippen LogP contribution in [0.1, 0.15) is 28.8 Å². The first-order chi connectivity index (χ1) is 15.0. The number of hydrogen-bond acceptors (Lipinski definition) is 2. The molecule has 2 aliphatic heterocycles. The van der Waals surface area contributed by atoms with Gasteiger partial charge in [0.05, 0.1) is 16.3 Å². The average molecular weight is 455 g/mol. The summed E-state index contributed by atoms with van der Waals surface area (Å²) in [7, 11) is 0. The zero-order valence-corrected chi connectivity index (χ0v) is 18.3. The van der Waals surface area contributed by atoms with Gasteiger partial charge in [-0.25, -0.2) is 4.39 Å². The molecule has 3 aromatic rings. The minimum Gasteiger partial charge on any atom is -0.370 e. The van der Waals surface area contributed by atoms with Gasteiger partial charge in [0.1, 0.15) is 5.82 Å². The van der Waals surface area contributed by atoms with Crippen LogP contribution in [0.2, 0.25) is 10.0 Å². The second-order valence-corrected chi connectivity index (χ2v) is 9.10. The standard InChI is InChI=1S/C25H21Cl2FN2O/c26-17-9-10-22-19(15-17)25(16-30(22)24(31)18-5-1-3-7-21(18)28)11-13-29(14-12-25)23-8-4-2-6-20(23)27/h1-10,15H,11-14,16H2. The Bertz CT molecular complexity index is 1160. The van der Waals surface area contributed by atoms with Crippen molar-refractivity contribution in [1.82, 2.24) is 0 Å². The van der Waals surface area contributed by atoms with E-state index in [2.05, 4.69) is 4.90 Å². The van der Waals surface area contributed by atoms with Crippen molar-refractivity contribution in [3.05, 3.63) is 93.7 Å². The lowest BCUT2D eigenvalue weighted by molar-refractivity contribution is 0.0979. The van der Waals surface area contributed by atoms with E-state index in [1.807, 2.05) is 36.4 Å². The Balaban J connectivity index is 1.47. The summed E-state index contributed by atoms with van der Waals surface area (Å²) in [4.78, 5) is 17.3. The van der Waals surface area contributed by atoms with E-state index in [9.17, 15) is 9.18 Å². The molecule has 1 fully saturated rings. The zero-order chi connectivity index (χ0) is 21.6. The van der Waals surface area contributed by atoms with Crippen LogP contribution in [0.5, 0.6) is 0 Å². The molecule has 0 aromatic heterocycles. The van der Waals surface area contributed by atoms with Crippen LogP contribution in [0, 0.1) is 5.82 Å². The van der Waals surface area contributed by atoms with E-state index in [4.69, 9.17) is 23.2 Å². The van der Waals surface area contributed by atoms with Crippen LogP contribution in [0.25, 0.3) is 0 Å². The molecular weight excluding hydrogens is 434 g/mol. The SMILES string of the molecule is O=C(c1ccccc1F)N1CC2(CCN(c3ccccc3Cl)CC2)c2cc(Cl)ccc21. The molecule has 2 heterocycles. The predicted molar refractivity (Wildman–Crippen MR) is 124 cm³/mol. The first kappa shape index (κ1) is 20.3. The van der Waals surface area contributed by atoms with E-state index < -0.39 is 5.82 Å². The largest absolute Gasteiger partial charge is 0.370 e. The normalized spacial score (nSPS) is 17.1. The molecule has 3 aromatic carbocycles. The maximum absolute atomic E-state index is 14.4. The van der Waals surface area contributed by atoms with Gasteiger partial charge in [-0.05, 0) is 60.9 Å². The van der Waals surface area contributed by atoms with Crippen LogP contribution in [0.4, 0.5) is 15.8 Å². The average Bonchev–Trinajstić information content (AvgIpc) is 3.08. The molecule has 1 spiro atoms. The number of para-hydroxylation sites is 1. The lowest BCUT2D eigenvalue weighted by Gasteiger charge is -2.41. The summed E-state index contributed by atoms with van der Waals surface area (Å²) < 4.78 is 14.4. The second kappa shape index (κ2) is 7.85. The van der Waals surface area contributed by atoms with Crippen molar-refractivity contribution >= 4 is 40.5 Å².